The first-order chi connectivity index (χ1) is 12.2. The number of rotatable bonds is 4. The van der Waals surface area contributed by atoms with Crippen molar-refractivity contribution in [3.05, 3.63) is 65.7 Å². The minimum Gasteiger partial charge on any atom is -0.323 e. The lowest BCUT2D eigenvalue weighted by Crippen LogP contribution is -2.39. The van der Waals surface area contributed by atoms with Crippen molar-refractivity contribution in [1.82, 2.24) is 14.8 Å². The molecule has 5 heteroatoms. The number of urea groups is 1. The Morgan fingerprint density at radius 3 is 2.72 bits per heavy atom. The van der Waals surface area contributed by atoms with E-state index < -0.39 is 0 Å². The van der Waals surface area contributed by atoms with E-state index in [1.807, 2.05) is 47.2 Å². The van der Waals surface area contributed by atoms with Gasteiger partial charge in [0.2, 0.25) is 0 Å². The van der Waals surface area contributed by atoms with Gasteiger partial charge in [0.05, 0.1) is 12.1 Å². The standard InChI is InChI=1S/C20H22FN3O/c1-23-18-10-9-16(15-7-2-3-8-17(15)21)19(18)24(20(23)25)13-11-14-6-4-5-12-22-14/h2-8,12,16,18-19H,9-11,13H2,1H3/t16-,18-,19+/m0/s1. The highest BCUT2D eigenvalue weighted by Gasteiger charge is 2.51. The third kappa shape index (κ3) is 2.77. The molecule has 4 nitrogen and oxygen atoms in total. The van der Waals surface area contributed by atoms with Gasteiger partial charge in [-0.05, 0) is 36.6 Å². The molecule has 1 aliphatic heterocycles. The molecule has 1 aromatic carbocycles. The highest BCUT2D eigenvalue weighted by atomic mass is 19.1. The normalized spacial score (nSPS) is 25.5. The number of carbonyl (C=O) groups excluding carboxylic acids is 1. The summed E-state index contributed by atoms with van der Waals surface area (Å²) in [6.07, 6.45) is 4.32. The number of amides is 2. The van der Waals surface area contributed by atoms with Crippen molar-refractivity contribution >= 4 is 6.03 Å². The Hall–Kier alpha value is -2.43. The summed E-state index contributed by atoms with van der Waals surface area (Å²) in [5, 5.41) is 0. The molecule has 0 spiro atoms. The molecular formula is C20H22FN3O. The molecule has 1 saturated carbocycles. The smallest absolute Gasteiger partial charge is 0.320 e. The van der Waals surface area contributed by atoms with Crippen molar-refractivity contribution in [2.75, 3.05) is 13.6 Å². The van der Waals surface area contributed by atoms with Crippen LogP contribution in [0.2, 0.25) is 0 Å². The van der Waals surface area contributed by atoms with Crippen molar-refractivity contribution in [3.8, 4) is 0 Å². The van der Waals surface area contributed by atoms with Crippen LogP contribution < -0.4 is 0 Å². The molecule has 0 N–H and O–H groups in total. The predicted octanol–water partition coefficient (Wildman–Crippen LogP) is 3.45. The molecule has 0 bridgehead atoms. The van der Waals surface area contributed by atoms with Gasteiger partial charge in [-0.15, -0.1) is 0 Å². The zero-order valence-corrected chi connectivity index (χ0v) is 14.3. The van der Waals surface area contributed by atoms with Gasteiger partial charge in [0, 0.05) is 37.8 Å². The summed E-state index contributed by atoms with van der Waals surface area (Å²) < 4.78 is 14.3. The number of carbonyl (C=O) groups is 1. The number of benzene rings is 1. The molecule has 2 heterocycles. The fraction of sp³-hybridized carbons (Fsp3) is 0.400. The summed E-state index contributed by atoms with van der Waals surface area (Å²) in [6.45, 7) is 0.617. The number of halogens is 1. The van der Waals surface area contributed by atoms with Crippen LogP contribution in [-0.2, 0) is 6.42 Å². The molecule has 2 fully saturated rings. The average molecular weight is 339 g/mol. The number of nitrogens with zero attached hydrogens (tertiary/aromatic N) is 3. The van der Waals surface area contributed by atoms with Gasteiger partial charge in [-0.1, -0.05) is 24.3 Å². The van der Waals surface area contributed by atoms with E-state index in [1.54, 1.807) is 12.3 Å². The summed E-state index contributed by atoms with van der Waals surface area (Å²) in [6, 6.07) is 13.1. The molecule has 1 aromatic heterocycles. The second-order valence-electron chi connectivity index (χ2n) is 6.92. The third-order valence-corrected chi connectivity index (χ3v) is 5.62. The predicted molar refractivity (Wildman–Crippen MR) is 93.8 cm³/mol. The largest absolute Gasteiger partial charge is 0.323 e. The molecule has 25 heavy (non-hydrogen) atoms. The summed E-state index contributed by atoms with van der Waals surface area (Å²) >= 11 is 0. The maximum atomic E-state index is 14.3. The molecule has 2 aliphatic rings. The second kappa shape index (κ2) is 6.47. The van der Waals surface area contributed by atoms with Gasteiger partial charge in [-0.25, -0.2) is 9.18 Å². The van der Waals surface area contributed by atoms with E-state index in [2.05, 4.69) is 4.98 Å². The summed E-state index contributed by atoms with van der Waals surface area (Å²) in [5.41, 5.74) is 1.71. The van der Waals surface area contributed by atoms with E-state index in [4.69, 9.17) is 0 Å². The van der Waals surface area contributed by atoms with Crippen LogP contribution in [0.25, 0.3) is 0 Å². The zero-order chi connectivity index (χ0) is 17.4. The molecule has 0 radical (unpaired) electrons. The second-order valence-corrected chi connectivity index (χ2v) is 6.92. The number of aromatic nitrogens is 1. The first-order valence-corrected chi connectivity index (χ1v) is 8.84. The van der Waals surface area contributed by atoms with Crippen molar-refractivity contribution in [1.29, 1.82) is 0 Å². The topological polar surface area (TPSA) is 36.4 Å². The van der Waals surface area contributed by atoms with Crippen LogP contribution in [0.15, 0.2) is 48.7 Å². The van der Waals surface area contributed by atoms with Gasteiger partial charge in [0.1, 0.15) is 5.82 Å². The Morgan fingerprint density at radius 1 is 1.16 bits per heavy atom. The van der Waals surface area contributed by atoms with Gasteiger partial charge >= 0.3 is 6.03 Å². The van der Waals surface area contributed by atoms with Crippen LogP contribution >= 0.6 is 0 Å². The van der Waals surface area contributed by atoms with Gasteiger partial charge in [-0.2, -0.15) is 0 Å². The van der Waals surface area contributed by atoms with E-state index in [9.17, 15) is 9.18 Å². The van der Waals surface area contributed by atoms with Crippen LogP contribution in [-0.4, -0.2) is 46.5 Å². The van der Waals surface area contributed by atoms with Gasteiger partial charge in [0.25, 0.3) is 0 Å². The molecule has 2 amide bonds. The molecule has 3 atom stereocenters. The van der Waals surface area contributed by atoms with Gasteiger partial charge in [-0.3, -0.25) is 4.98 Å². The monoisotopic (exact) mass is 339 g/mol. The quantitative estimate of drug-likeness (QED) is 0.855. The molecule has 2 aromatic rings. The van der Waals surface area contributed by atoms with Crippen molar-refractivity contribution in [2.24, 2.45) is 0 Å². The highest BCUT2D eigenvalue weighted by Crippen LogP contribution is 2.44. The van der Waals surface area contributed by atoms with Crippen molar-refractivity contribution in [2.45, 2.75) is 37.3 Å². The lowest BCUT2D eigenvalue weighted by molar-refractivity contribution is 0.185. The van der Waals surface area contributed by atoms with E-state index in [-0.39, 0.29) is 29.8 Å². The molecule has 0 unspecified atom stereocenters. The van der Waals surface area contributed by atoms with Crippen LogP contribution in [0.5, 0.6) is 0 Å². The number of likely N-dealkylation sites (N-methyl/N-ethyl adjacent to an activating group) is 1. The van der Waals surface area contributed by atoms with Crippen LogP contribution in [0.1, 0.15) is 30.0 Å². The molecule has 1 aliphatic carbocycles. The first-order valence-electron chi connectivity index (χ1n) is 8.84. The Kier molecular flexibility index (Phi) is 4.15. The summed E-state index contributed by atoms with van der Waals surface area (Å²) in [5.74, 6) is -0.108. The maximum absolute atomic E-state index is 14.3. The SMILES string of the molecule is CN1C(=O)N(CCc2ccccn2)[C@@H]2[C@H](c3ccccc3F)CC[C@@H]21. The summed E-state index contributed by atoms with van der Waals surface area (Å²) in [7, 11) is 1.87. The number of hydrogen-bond donors (Lipinski definition) is 0. The Bertz CT molecular complexity index is 767. The highest BCUT2D eigenvalue weighted by molar-refractivity contribution is 5.78. The average Bonchev–Trinajstić information content (AvgIpc) is 3.15. The van der Waals surface area contributed by atoms with Gasteiger partial charge < -0.3 is 9.80 Å². The number of fused-ring (bicyclic) bond motifs is 1. The zero-order valence-electron chi connectivity index (χ0n) is 14.3. The first kappa shape index (κ1) is 16.1. The van der Waals surface area contributed by atoms with Crippen LogP contribution in [0.4, 0.5) is 9.18 Å². The van der Waals surface area contributed by atoms with E-state index in [0.29, 0.717) is 13.0 Å². The lowest BCUT2D eigenvalue weighted by atomic mass is 9.92. The van der Waals surface area contributed by atoms with Crippen molar-refractivity contribution < 1.29 is 9.18 Å². The Morgan fingerprint density at radius 2 is 1.96 bits per heavy atom. The minimum absolute atomic E-state index is 0.0399. The molecule has 130 valence electrons. The fourth-order valence-corrected chi connectivity index (χ4v) is 4.42. The minimum atomic E-state index is -0.167. The van der Waals surface area contributed by atoms with Crippen LogP contribution in [0, 0.1) is 5.82 Å². The third-order valence-electron chi connectivity index (χ3n) is 5.62. The Balaban J connectivity index is 1.59. The Labute approximate surface area is 147 Å². The lowest BCUT2D eigenvalue weighted by Gasteiger charge is -2.28. The maximum Gasteiger partial charge on any atom is 0.320 e. The fourth-order valence-electron chi connectivity index (χ4n) is 4.42. The van der Waals surface area contributed by atoms with E-state index in [1.165, 1.54) is 6.07 Å². The molecule has 1 saturated heterocycles. The van der Waals surface area contributed by atoms with Gasteiger partial charge in [0.15, 0.2) is 0 Å². The number of pyridine rings is 1. The van der Waals surface area contributed by atoms with Crippen LogP contribution in [0.3, 0.4) is 0 Å². The van der Waals surface area contributed by atoms with Crippen molar-refractivity contribution in [3.63, 3.8) is 0 Å². The number of hydrogen-bond acceptors (Lipinski definition) is 2. The molecular weight excluding hydrogens is 317 g/mol. The van der Waals surface area contributed by atoms with E-state index in [0.717, 1.165) is 24.1 Å². The molecule has 4 rings (SSSR count). The summed E-state index contributed by atoms with van der Waals surface area (Å²) in [4.78, 5) is 20.9. The van der Waals surface area contributed by atoms with E-state index >= 15 is 0 Å².